The average Bonchev–Trinajstić information content (AvgIpc) is 2.79. The summed E-state index contributed by atoms with van der Waals surface area (Å²) in [4.78, 5) is 0. The highest BCUT2D eigenvalue weighted by Crippen LogP contribution is 2.49. The standard InChI is InChI=1S/C30H40F2/c1-3-5-7-9-21-11-12-24-18-25(14-13-23(24)15-21)27-20-28-26(19-30(27)32)16-22(17-29(28)31)10-8-6-4-2/h4,6,16-17,19-21,23-25H,3,5,7-15,18H2,1-2H3/b6-4+/t21?,23-,24?,25-/m1/s1. The highest BCUT2D eigenvalue weighted by atomic mass is 19.1. The Hall–Kier alpha value is -1.70. The lowest BCUT2D eigenvalue weighted by atomic mass is 9.63. The summed E-state index contributed by atoms with van der Waals surface area (Å²) < 4.78 is 30.1. The summed E-state index contributed by atoms with van der Waals surface area (Å²) in [5.74, 6) is 2.36. The van der Waals surface area contributed by atoms with Gasteiger partial charge in [-0.05, 0) is 110 Å². The van der Waals surface area contributed by atoms with Crippen molar-refractivity contribution in [3.8, 4) is 0 Å². The van der Waals surface area contributed by atoms with Gasteiger partial charge in [0, 0.05) is 5.39 Å². The Labute approximate surface area is 193 Å². The van der Waals surface area contributed by atoms with Crippen molar-refractivity contribution in [2.75, 3.05) is 0 Å². The maximum Gasteiger partial charge on any atom is 0.131 e. The lowest BCUT2D eigenvalue weighted by Gasteiger charge is -2.42. The Bertz CT molecular complexity index is 928. The van der Waals surface area contributed by atoms with Crippen LogP contribution in [0, 0.1) is 29.4 Å². The molecule has 2 aromatic carbocycles. The lowest BCUT2D eigenvalue weighted by molar-refractivity contribution is 0.112. The molecule has 0 aromatic heterocycles. The molecule has 0 nitrogen and oxygen atoms in total. The van der Waals surface area contributed by atoms with E-state index < -0.39 is 0 Å². The van der Waals surface area contributed by atoms with Crippen LogP contribution in [-0.2, 0) is 6.42 Å². The smallest absolute Gasteiger partial charge is 0.131 e. The minimum absolute atomic E-state index is 0.140. The number of hydrogen-bond donors (Lipinski definition) is 0. The number of hydrogen-bond acceptors (Lipinski definition) is 0. The van der Waals surface area contributed by atoms with Crippen LogP contribution in [0.15, 0.2) is 36.4 Å². The van der Waals surface area contributed by atoms with E-state index in [1.807, 2.05) is 25.1 Å². The van der Waals surface area contributed by atoms with Crippen LogP contribution in [-0.4, -0.2) is 0 Å². The van der Waals surface area contributed by atoms with Crippen molar-refractivity contribution in [2.24, 2.45) is 17.8 Å². The molecule has 174 valence electrons. The van der Waals surface area contributed by atoms with E-state index in [9.17, 15) is 4.39 Å². The molecule has 2 unspecified atom stereocenters. The normalized spacial score (nSPS) is 26.0. The summed E-state index contributed by atoms with van der Waals surface area (Å²) in [6, 6.07) is 7.02. The second-order valence-electron chi connectivity index (χ2n) is 10.5. The molecule has 0 N–H and O–H groups in total. The molecule has 2 saturated carbocycles. The molecular formula is C30H40F2. The number of halogens is 2. The van der Waals surface area contributed by atoms with Crippen molar-refractivity contribution >= 4 is 10.8 Å². The van der Waals surface area contributed by atoms with Crippen molar-refractivity contribution in [1.29, 1.82) is 0 Å². The van der Waals surface area contributed by atoms with Crippen molar-refractivity contribution in [1.82, 2.24) is 0 Å². The van der Waals surface area contributed by atoms with E-state index in [1.54, 1.807) is 12.1 Å². The number of fused-ring (bicyclic) bond motifs is 2. The van der Waals surface area contributed by atoms with Crippen LogP contribution in [0.2, 0.25) is 0 Å². The Balaban J connectivity index is 1.45. The summed E-state index contributed by atoms with van der Waals surface area (Å²) in [6.07, 6.45) is 18.6. The molecule has 2 aromatic rings. The van der Waals surface area contributed by atoms with Crippen LogP contribution in [0.1, 0.15) is 102 Å². The fourth-order valence-corrected chi connectivity index (χ4v) is 6.50. The van der Waals surface area contributed by atoms with Crippen LogP contribution >= 0.6 is 0 Å². The van der Waals surface area contributed by atoms with Crippen LogP contribution in [0.3, 0.4) is 0 Å². The van der Waals surface area contributed by atoms with E-state index in [1.165, 1.54) is 51.4 Å². The van der Waals surface area contributed by atoms with E-state index in [-0.39, 0.29) is 17.6 Å². The molecule has 0 aliphatic heterocycles. The van der Waals surface area contributed by atoms with Gasteiger partial charge in [0.1, 0.15) is 11.6 Å². The van der Waals surface area contributed by atoms with Gasteiger partial charge in [0.25, 0.3) is 0 Å². The Morgan fingerprint density at radius 2 is 1.72 bits per heavy atom. The molecular weight excluding hydrogens is 398 g/mol. The van der Waals surface area contributed by atoms with Gasteiger partial charge in [-0.3, -0.25) is 0 Å². The van der Waals surface area contributed by atoms with Crippen LogP contribution in [0.5, 0.6) is 0 Å². The zero-order chi connectivity index (χ0) is 22.5. The number of benzene rings is 2. The SMILES string of the molecule is C/C=C/CCc1cc(F)c2cc([C@@H]3CC[C@@H]4CC(CCCCC)CCC4C3)c(F)cc2c1. The lowest BCUT2D eigenvalue weighted by Crippen LogP contribution is -2.30. The van der Waals surface area contributed by atoms with Crippen molar-refractivity contribution in [2.45, 2.75) is 96.8 Å². The molecule has 0 spiro atoms. The van der Waals surface area contributed by atoms with Gasteiger partial charge in [0.2, 0.25) is 0 Å². The molecule has 2 heteroatoms. The Kier molecular flexibility index (Phi) is 8.02. The fraction of sp³-hybridized carbons (Fsp3) is 0.600. The highest BCUT2D eigenvalue weighted by Gasteiger charge is 2.36. The molecule has 0 saturated heterocycles. The summed E-state index contributed by atoms with van der Waals surface area (Å²) in [6.45, 7) is 4.27. The minimum atomic E-state index is -0.208. The molecule has 4 atom stereocenters. The Morgan fingerprint density at radius 3 is 2.53 bits per heavy atom. The predicted molar refractivity (Wildman–Crippen MR) is 132 cm³/mol. The van der Waals surface area contributed by atoms with E-state index in [0.29, 0.717) is 10.8 Å². The van der Waals surface area contributed by atoms with E-state index in [4.69, 9.17) is 0 Å². The summed E-state index contributed by atoms with van der Waals surface area (Å²) in [5.41, 5.74) is 1.69. The molecule has 2 aliphatic carbocycles. The molecule has 0 bridgehead atoms. The number of unbranched alkanes of at least 4 members (excludes halogenated alkanes) is 2. The fourth-order valence-electron chi connectivity index (χ4n) is 6.50. The topological polar surface area (TPSA) is 0 Å². The van der Waals surface area contributed by atoms with Crippen LogP contribution in [0.25, 0.3) is 10.8 Å². The van der Waals surface area contributed by atoms with Crippen molar-refractivity contribution in [3.63, 3.8) is 0 Å². The zero-order valence-electron chi connectivity index (χ0n) is 20.0. The van der Waals surface area contributed by atoms with Crippen molar-refractivity contribution < 1.29 is 8.78 Å². The van der Waals surface area contributed by atoms with Gasteiger partial charge >= 0.3 is 0 Å². The molecule has 0 amide bonds. The third kappa shape index (κ3) is 5.43. The number of allylic oxidation sites excluding steroid dienone is 2. The van der Waals surface area contributed by atoms with Gasteiger partial charge < -0.3 is 0 Å². The zero-order valence-corrected chi connectivity index (χ0v) is 20.0. The second-order valence-corrected chi connectivity index (χ2v) is 10.5. The van der Waals surface area contributed by atoms with E-state index in [0.717, 1.165) is 54.6 Å². The first-order chi connectivity index (χ1) is 15.6. The largest absolute Gasteiger partial charge is 0.207 e. The van der Waals surface area contributed by atoms with Crippen LogP contribution < -0.4 is 0 Å². The molecule has 4 rings (SSSR count). The predicted octanol–water partition coefficient (Wildman–Crippen LogP) is 9.51. The summed E-state index contributed by atoms with van der Waals surface area (Å²) in [5, 5.41) is 1.28. The first kappa shape index (κ1) is 23.5. The summed E-state index contributed by atoms with van der Waals surface area (Å²) in [7, 11) is 0. The first-order valence-electron chi connectivity index (χ1n) is 13.1. The quantitative estimate of drug-likeness (QED) is 0.284. The molecule has 32 heavy (non-hydrogen) atoms. The maximum absolute atomic E-state index is 15.2. The summed E-state index contributed by atoms with van der Waals surface area (Å²) >= 11 is 0. The van der Waals surface area contributed by atoms with Gasteiger partial charge in [-0.25, -0.2) is 8.78 Å². The Morgan fingerprint density at radius 1 is 0.906 bits per heavy atom. The minimum Gasteiger partial charge on any atom is -0.207 e. The van der Waals surface area contributed by atoms with Crippen molar-refractivity contribution in [3.05, 3.63) is 59.2 Å². The van der Waals surface area contributed by atoms with E-state index in [2.05, 4.69) is 13.0 Å². The van der Waals surface area contributed by atoms with E-state index >= 15 is 4.39 Å². The van der Waals surface area contributed by atoms with Crippen LogP contribution in [0.4, 0.5) is 8.78 Å². The number of aryl methyl sites for hydroxylation is 1. The highest BCUT2D eigenvalue weighted by molar-refractivity contribution is 5.85. The molecule has 2 fully saturated rings. The second kappa shape index (κ2) is 10.9. The monoisotopic (exact) mass is 438 g/mol. The first-order valence-corrected chi connectivity index (χ1v) is 13.1. The van der Waals surface area contributed by atoms with Gasteiger partial charge in [-0.15, -0.1) is 0 Å². The van der Waals surface area contributed by atoms with Gasteiger partial charge in [-0.2, -0.15) is 0 Å². The molecule has 0 heterocycles. The van der Waals surface area contributed by atoms with Gasteiger partial charge in [0.05, 0.1) is 0 Å². The molecule has 0 radical (unpaired) electrons. The average molecular weight is 439 g/mol. The maximum atomic E-state index is 15.2. The van der Waals surface area contributed by atoms with Gasteiger partial charge in [-0.1, -0.05) is 57.2 Å². The third-order valence-corrected chi connectivity index (χ3v) is 8.29. The third-order valence-electron chi connectivity index (χ3n) is 8.29. The number of rotatable bonds is 8. The molecule has 2 aliphatic rings. The van der Waals surface area contributed by atoms with Gasteiger partial charge in [0.15, 0.2) is 0 Å².